The fourth-order valence-electron chi connectivity index (χ4n) is 2.31. The summed E-state index contributed by atoms with van der Waals surface area (Å²) in [6.07, 6.45) is 0. The predicted octanol–water partition coefficient (Wildman–Crippen LogP) is 4.54. The molecule has 28 heavy (non-hydrogen) atoms. The van der Waals surface area contributed by atoms with Gasteiger partial charge in [0, 0.05) is 10.9 Å². The van der Waals surface area contributed by atoms with E-state index >= 15 is 0 Å². The number of thiazole rings is 1. The van der Waals surface area contributed by atoms with Gasteiger partial charge in [0.05, 0.1) is 27.7 Å². The zero-order chi connectivity index (χ0) is 20.3. The molecule has 1 amide bonds. The van der Waals surface area contributed by atoms with Gasteiger partial charge in [-0.1, -0.05) is 29.3 Å². The molecule has 10 heteroatoms. The van der Waals surface area contributed by atoms with E-state index in [9.17, 15) is 13.2 Å². The highest BCUT2D eigenvalue weighted by molar-refractivity contribution is 7.92. The number of halogens is 2. The Morgan fingerprint density at radius 1 is 1.14 bits per heavy atom. The van der Waals surface area contributed by atoms with E-state index < -0.39 is 21.5 Å². The minimum absolute atomic E-state index is 0.0408. The van der Waals surface area contributed by atoms with Crippen molar-refractivity contribution < 1.29 is 17.9 Å². The molecule has 0 aliphatic rings. The van der Waals surface area contributed by atoms with Crippen LogP contribution >= 0.6 is 34.5 Å². The number of aromatic nitrogens is 1. The molecule has 0 bridgehead atoms. The van der Waals surface area contributed by atoms with E-state index in [2.05, 4.69) is 10.3 Å². The largest absolute Gasteiger partial charge is 0.497 e. The summed E-state index contributed by atoms with van der Waals surface area (Å²) in [5.41, 5.74) is 1.33. The molecule has 1 heterocycles. The molecule has 0 saturated carbocycles. The highest BCUT2D eigenvalue weighted by atomic mass is 35.5. The topological polar surface area (TPSA) is 85.4 Å². The molecule has 3 aromatic rings. The summed E-state index contributed by atoms with van der Waals surface area (Å²) in [6.45, 7) is 0. The molecular formula is C18H14Cl2N2O4S2. The second kappa shape index (κ2) is 8.48. The van der Waals surface area contributed by atoms with E-state index in [1.807, 2.05) is 0 Å². The highest BCUT2D eigenvalue weighted by Gasteiger charge is 2.20. The first-order chi connectivity index (χ1) is 13.3. The third kappa shape index (κ3) is 4.82. The quantitative estimate of drug-likeness (QED) is 0.588. The second-order valence-corrected chi connectivity index (χ2v) is 9.31. The average Bonchev–Trinajstić information content (AvgIpc) is 3.11. The lowest BCUT2D eigenvalue weighted by Crippen LogP contribution is -2.22. The molecule has 0 saturated heterocycles. The molecule has 6 nitrogen and oxygen atoms in total. The molecule has 0 aliphatic carbocycles. The van der Waals surface area contributed by atoms with E-state index in [4.69, 9.17) is 27.9 Å². The summed E-state index contributed by atoms with van der Waals surface area (Å²) in [6, 6.07) is 10.9. The SMILES string of the molecule is COc1ccc(S(=O)(=O)CC(=O)Nc2nc(-c3ccc(Cl)c(Cl)c3)cs2)cc1. The summed E-state index contributed by atoms with van der Waals surface area (Å²) in [5.74, 6) is -0.840. The lowest BCUT2D eigenvalue weighted by molar-refractivity contribution is -0.113. The molecule has 0 unspecified atom stereocenters. The van der Waals surface area contributed by atoms with Crippen LogP contribution in [0.15, 0.2) is 52.7 Å². The van der Waals surface area contributed by atoms with Crippen molar-refractivity contribution in [2.75, 3.05) is 18.2 Å². The Bertz CT molecular complexity index is 1110. The first-order valence-corrected chi connectivity index (χ1v) is 11.1. The number of hydrogen-bond acceptors (Lipinski definition) is 6. The lowest BCUT2D eigenvalue weighted by Gasteiger charge is -2.05. The Morgan fingerprint density at radius 3 is 2.50 bits per heavy atom. The molecule has 3 rings (SSSR count). The van der Waals surface area contributed by atoms with E-state index in [0.29, 0.717) is 21.5 Å². The summed E-state index contributed by atoms with van der Waals surface area (Å²) in [5, 5.41) is 5.35. The smallest absolute Gasteiger partial charge is 0.241 e. The van der Waals surface area contributed by atoms with Gasteiger partial charge in [-0.05, 0) is 36.4 Å². The number of hydrogen-bond donors (Lipinski definition) is 1. The van der Waals surface area contributed by atoms with Gasteiger partial charge in [-0.15, -0.1) is 11.3 Å². The highest BCUT2D eigenvalue weighted by Crippen LogP contribution is 2.30. The van der Waals surface area contributed by atoms with Crippen LogP contribution in [0.4, 0.5) is 5.13 Å². The first-order valence-electron chi connectivity index (χ1n) is 7.86. The van der Waals surface area contributed by atoms with Crippen molar-refractivity contribution in [3.63, 3.8) is 0 Å². The summed E-state index contributed by atoms with van der Waals surface area (Å²) < 4.78 is 29.8. The van der Waals surface area contributed by atoms with Gasteiger partial charge in [0.1, 0.15) is 11.5 Å². The number of nitrogens with zero attached hydrogens (tertiary/aromatic N) is 1. The van der Waals surface area contributed by atoms with Crippen LogP contribution < -0.4 is 10.1 Å². The van der Waals surface area contributed by atoms with E-state index in [0.717, 1.165) is 5.56 Å². The van der Waals surface area contributed by atoms with Crippen molar-refractivity contribution in [2.45, 2.75) is 4.90 Å². The van der Waals surface area contributed by atoms with Gasteiger partial charge in [0.2, 0.25) is 5.91 Å². The molecule has 0 atom stereocenters. The number of sulfone groups is 1. The molecular weight excluding hydrogens is 443 g/mol. The lowest BCUT2D eigenvalue weighted by atomic mass is 10.2. The van der Waals surface area contributed by atoms with Gasteiger partial charge >= 0.3 is 0 Å². The average molecular weight is 457 g/mol. The van der Waals surface area contributed by atoms with Gasteiger partial charge in [-0.2, -0.15) is 0 Å². The van der Waals surface area contributed by atoms with Gasteiger partial charge in [-0.25, -0.2) is 13.4 Å². The Hall–Kier alpha value is -2.13. The number of rotatable bonds is 6. The maximum Gasteiger partial charge on any atom is 0.241 e. The first kappa shape index (κ1) is 20.6. The predicted molar refractivity (Wildman–Crippen MR) is 111 cm³/mol. The van der Waals surface area contributed by atoms with Crippen molar-refractivity contribution in [1.82, 2.24) is 4.98 Å². The number of carbonyl (C=O) groups is 1. The molecule has 0 spiro atoms. The number of benzene rings is 2. The van der Waals surface area contributed by atoms with E-state index in [1.54, 1.807) is 23.6 Å². The van der Waals surface area contributed by atoms with Gasteiger partial charge in [0.15, 0.2) is 15.0 Å². The van der Waals surface area contributed by atoms with Crippen molar-refractivity contribution >= 4 is 55.4 Å². The van der Waals surface area contributed by atoms with Crippen LogP contribution in [0.2, 0.25) is 10.0 Å². The third-order valence-electron chi connectivity index (χ3n) is 3.71. The molecule has 0 fully saturated rings. The Balaban J connectivity index is 1.69. The van der Waals surface area contributed by atoms with Crippen LogP contribution in [-0.4, -0.2) is 32.2 Å². The van der Waals surface area contributed by atoms with E-state index in [1.165, 1.54) is 42.7 Å². The molecule has 146 valence electrons. The summed E-state index contributed by atoms with van der Waals surface area (Å²) in [7, 11) is -2.30. The number of carbonyl (C=O) groups excluding carboxylic acids is 1. The second-order valence-electron chi connectivity index (χ2n) is 5.65. The summed E-state index contributed by atoms with van der Waals surface area (Å²) in [4.78, 5) is 16.5. The van der Waals surface area contributed by atoms with Gasteiger partial charge < -0.3 is 10.1 Å². The number of methoxy groups -OCH3 is 1. The van der Waals surface area contributed by atoms with Crippen molar-refractivity contribution in [3.05, 3.63) is 57.9 Å². The van der Waals surface area contributed by atoms with Crippen LogP contribution in [-0.2, 0) is 14.6 Å². The number of ether oxygens (including phenoxy) is 1. The Kier molecular flexibility index (Phi) is 6.24. The van der Waals surface area contributed by atoms with Crippen molar-refractivity contribution in [3.8, 4) is 17.0 Å². The van der Waals surface area contributed by atoms with Crippen molar-refractivity contribution in [1.29, 1.82) is 0 Å². The number of anilines is 1. The fourth-order valence-corrected chi connectivity index (χ4v) is 4.48. The normalized spacial score (nSPS) is 11.2. The molecule has 2 aromatic carbocycles. The molecule has 0 radical (unpaired) electrons. The summed E-state index contributed by atoms with van der Waals surface area (Å²) >= 11 is 13.1. The molecule has 1 N–H and O–H groups in total. The Labute approximate surface area is 176 Å². The van der Waals surface area contributed by atoms with Gasteiger partial charge in [-0.3, -0.25) is 4.79 Å². The fraction of sp³-hybridized carbons (Fsp3) is 0.111. The van der Waals surface area contributed by atoms with Crippen LogP contribution in [0.5, 0.6) is 5.75 Å². The maximum absolute atomic E-state index is 12.4. The standard InChI is InChI=1S/C18H14Cl2N2O4S2/c1-26-12-3-5-13(6-4-12)28(24,25)10-17(23)22-18-21-16(9-27-18)11-2-7-14(19)15(20)8-11/h2-9H,10H2,1H3,(H,21,22,23). The van der Waals surface area contributed by atoms with Gasteiger partial charge in [0.25, 0.3) is 0 Å². The van der Waals surface area contributed by atoms with Crippen LogP contribution in [0.1, 0.15) is 0 Å². The van der Waals surface area contributed by atoms with Crippen LogP contribution in [0.3, 0.4) is 0 Å². The number of nitrogens with one attached hydrogen (secondary N) is 1. The zero-order valence-corrected chi connectivity index (χ0v) is 17.6. The van der Waals surface area contributed by atoms with Crippen LogP contribution in [0, 0.1) is 0 Å². The van der Waals surface area contributed by atoms with Crippen LogP contribution in [0.25, 0.3) is 11.3 Å². The number of amides is 1. The Morgan fingerprint density at radius 2 is 1.86 bits per heavy atom. The van der Waals surface area contributed by atoms with E-state index in [-0.39, 0.29) is 10.0 Å². The molecule has 1 aromatic heterocycles. The monoisotopic (exact) mass is 456 g/mol. The third-order valence-corrected chi connectivity index (χ3v) is 6.83. The minimum atomic E-state index is -3.78. The van der Waals surface area contributed by atoms with Crippen molar-refractivity contribution in [2.24, 2.45) is 0 Å². The minimum Gasteiger partial charge on any atom is -0.497 e. The maximum atomic E-state index is 12.4. The zero-order valence-electron chi connectivity index (χ0n) is 14.5. The molecule has 0 aliphatic heterocycles.